The van der Waals surface area contributed by atoms with Gasteiger partial charge < -0.3 is 4.74 Å². The van der Waals surface area contributed by atoms with Crippen molar-refractivity contribution >= 4 is 33.2 Å². The van der Waals surface area contributed by atoms with Crippen molar-refractivity contribution in [2.75, 3.05) is 12.5 Å². The molecule has 0 spiro atoms. The number of nitro groups is 1. The molecule has 0 aliphatic heterocycles. The molecule has 1 aromatic carbocycles. The molecule has 0 aliphatic carbocycles. The van der Waals surface area contributed by atoms with Gasteiger partial charge in [-0.25, -0.2) is 4.39 Å². The second-order valence-electron chi connectivity index (χ2n) is 3.24. The molecule has 0 N–H and O–H groups in total. The van der Waals surface area contributed by atoms with E-state index in [-0.39, 0.29) is 15.9 Å². The summed E-state index contributed by atoms with van der Waals surface area (Å²) in [5, 5.41) is 10.7. The van der Waals surface area contributed by atoms with E-state index < -0.39 is 10.7 Å². The van der Waals surface area contributed by atoms with Crippen LogP contribution in [0.3, 0.4) is 0 Å². The Kier molecular flexibility index (Phi) is 5.64. The lowest BCUT2D eigenvalue weighted by Gasteiger charge is -2.08. The number of halogens is 3. The summed E-state index contributed by atoms with van der Waals surface area (Å²) in [7, 11) is 0. The molecule has 7 heteroatoms. The van der Waals surface area contributed by atoms with Crippen LogP contribution in [-0.2, 0) is 0 Å². The van der Waals surface area contributed by atoms with Crippen molar-refractivity contribution in [2.45, 2.75) is 12.8 Å². The molecule has 0 fully saturated rings. The smallest absolute Gasteiger partial charge is 0.315 e. The summed E-state index contributed by atoms with van der Waals surface area (Å²) < 4.78 is 18.5. The van der Waals surface area contributed by atoms with Crippen molar-refractivity contribution in [1.29, 1.82) is 0 Å². The molecule has 1 rings (SSSR count). The van der Waals surface area contributed by atoms with E-state index in [0.717, 1.165) is 18.6 Å². The van der Waals surface area contributed by atoms with Crippen molar-refractivity contribution in [3.8, 4) is 5.75 Å². The fourth-order valence-corrected chi connectivity index (χ4v) is 1.92. The maximum atomic E-state index is 13.0. The summed E-state index contributed by atoms with van der Waals surface area (Å²) in [6.45, 7) is 0.303. The molecule has 0 saturated carbocycles. The molecule has 0 atom stereocenters. The lowest BCUT2D eigenvalue weighted by Crippen LogP contribution is -2.02. The topological polar surface area (TPSA) is 52.4 Å². The van der Waals surface area contributed by atoms with Crippen LogP contribution in [0.1, 0.15) is 12.8 Å². The first kappa shape index (κ1) is 14.2. The van der Waals surface area contributed by atoms with Crippen LogP contribution in [0.5, 0.6) is 5.75 Å². The minimum absolute atomic E-state index is 0.0472. The number of nitrogens with zero attached hydrogens (tertiary/aromatic N) is 1. The molecule has 0 bridgehead atoms. The third-order valence-corrected chi connectivity index (χ3v) is 2.82. The summed E-state index contributed by atoms with van der Waals surface area (Å²) in [6, 6.07) is 1.96. The zero-order valence-electron chi connectivity index (χ0n) is 8.79. The van der Waals surface area contributed by atoms with Gasteiger partial charge in [-0.05, 0) is 34.8 Å². The number of nitro benzene ring substituents is 1. The third-order valence-electron chi connectivity index (χ3n) is 1.96. The monoisotopic (exact) mass is 325 g/mol. The van der Waals surface area contributed by atoms with Crippen molar-refractivity contribution in [2.24, 2.45) is 0 Å². The third kappa shape index (κ3) is 4.12. The highest BCUT2D eigenvalue weighted by Gasteiger charge is 2.20. The first-order valence-electron chi connectivity index (χ1n) is 4.88. The van der Waals surface area contributed by atoms with Gasteiger partial charge in [0.15, 0.2) is 0 Å². The summed E-state index contributed by atoms with van der Waals surface area (Å²) in [4.78, 5) is 10.1. The molecule has 0 aromatic heterocycles. The lowest BCUT2D eigenvalue weighted by molar-refractivity contribution is -0.386. The van der Waals surface area contributed by atoms with Crippen LogP contribution in [0.25, 0.3) is 0 Å². The molecule has 0 amide bonds. The molecule has 0 radical (unpaired) electrons. The SMILES string of the molecule is O=[N+]([O-])c1cc(F)cc(Br)c1OCCCCCl. The number of hydrogen-bond acceptors (Lipinski definition) is 3. The number of rotatable bonds is 6. The fourth-order valence-electron chi connectivity index (χ4n) is 1.20. The number of hydrogen-bond donors (Lipinski definition) is 0. The molecule has 4 nitrogen and oxygen atoms in total. The maximum Gasteiger partial charge on any atom is 0.315 e. The highest BCUT2D eigenvalue weighted by molar-refractivity contribution is 9.10. The zero-order valence-corrected chi connectivity index (χ0v) is 11.1. The van der Waals surface area contributed by atoms with Gasteiger partial charge in [0.1, 0.15) is 5.82 Å². The van der Waals surface area contributed by atoms with E-state index in [0.29, 0.717) is 18.9 Å². The van der Waals surface area contributed by atoms with E-state index in [1.165, 1.54) is 0 Å². The van der Waals surface area contributed by atoms with Gasteiger partial charge in [-0.3, -0.25) is 10.1 Å². The van der Waals surface area contributed by atoms with Gasteiger partial charge in [0.25, 0.3) is 0 Å². The standard InChI is InChI=1S/C10H10BrClFNO3/c11-8-5-7(13)6-9(14(15)16)10(8)17-4-2-1-3-12/h5-6H,1-4H2. The van der Waals surface area contributed by atoms with Crippen LogP contribution in [0.2, 0.25) is 0 Å². The largest absolute Gasteiger partial charge is 0.486 e. The average Bonchev–Trinajstić information content (AvgIpc) is 2.25. The van der Waals surface area contributed by atoms with Crippen molar-refractivity contribution in [3.63, 3.8) is 0 Å². The Morgan fingerprint density at radius 1 is 1.47 bits per heavy atom. The Hall–Kier alpha value is -0.880. The molecule has 0 unspecified atom stereocenters. The maximum absolute atomic E-state index is 13.0. The predicted molar refractivity (Wildman–Crippen MR) is 66.2 cm³/mol. The number of alkyl halides is 1. The number of benzene rings is 1. The molecule has 0 aliphatic rings. The molecule has 0 heterocycles. The highest BCUT2D eigenvalue weighted by atomic mass is 79.9. The van der Waals surface area contributed by atoms with E-state index in [1.807, 2.05) is 0 Å². The number of ether oxygens (including phenoxy) is 1. The Morgan fingerprint density at radius 2 is 2.18 bits per heavy atom. The molecular formula is C10H10BrClFNO3. The minimum Gasteiger partial charge on any atom is -0.486 e. The zero-order chi connectivity index (χ0) is 12.8. The first-order valence-corrected chi connectivity index (χ1v) is 6.21. The van der Waals surface area contributed by atoms with Gasteiger partial charge in [0.2, 0.25) is 5.75 Å². The quantitative estimate of drug-likeness (QED) is 0.345. The van der Waals surface area contributed by atoms with Crippen LogP contribution < -0.4 is 4.74 Å². The normalized spacial score (nSPS) is 10.3. The summed E-state index contributed by atoms with van der Waals surface area (Å²) >= 11 is 8.53. The summed E-state index contributed by atoms with van der Waals surface area (Å²) in [6.07, 6.45) is 1.44. The summed E-state index contributed by atoms with van der Waals surface area (Å²) in [5.41, 5.74) is -0.386. The van der Waals surface area contributed by atoms with Crippen LogP contribution in [-0.4, -0.2) is 17.4 Å². The van der Waals surface area contributed by atoms with Gasteiger partial charge in [-0.1, -0.05) is 0 Å². The van der Waals surface area contributed by atoms with Gasteiger partial charge >= 0.3 is 5.69 Å². The van der Waals surface area contributed by atoms with Gasteiger partial charge in [0.05, 0.1) is 22.1 Å². The molecule has 0 saturated heterocycles. The molecular weight excluding hydrogens is 316 g/mol. The molecule has 17 heavy (non-hydrogen) atoms. The Labute approximate surface area is 111 Å². The predicted octanol–water partition coefficient (Wildman–Crippen LogP) is 3.89. The second kappa shape index (κ2) is 6.76. The van der Waals surface area contributed by atoms with Gasteiger partial charge in [-0.2, -0.15) is 0 Å². The molecule has 94 valence electrons. The average molecular weight is 327 g/mol. The van der Waals surface area contributed by atoms with E-state index in [4.69, 9.17) is 16.3 Å². The van der Waals surface area contributed by atoms with E-state index in [2.05, 4.69) is 15.9 Å². The highest BCUT2D eigenvalue weighted by Crippen LogP contribution is 2.36. The fraction of sp³-hybridized carbons (Fsp3) is 0.400. The van der Waals surface area contributed by atoms with Crippen molar-refractivity contribution in [3.05, 3.63) is 32.5 Å². The van der Waals surface area contributed by atoms with Gasteiger partial charge in [0, 0.05) is 5.88 Å². The van der Waals surface area contributed by atoms with Crippen LogP contribution >= 0.6 is 27.5 Å². The van der Waals surface area contributed by atoms with E-state index in [9.17, 15) is 14.5 Å². The minimum atomic E-state index is -0.684. The second-order valence-corrected chi connectivity index (χ2v) is 4.47. The molecule has 1 aromatic rings. The van der Waals surface area contributed by atoms with E-state index >= 15 is 0 Å². The van der Waals surface area contributed by atoms with Crippen molar-refractivity contribution < 1.29 is 14.1 Å². The van der Waals surface area contributed by atoms with Crippen molar-refractivity contribution in [1.82, 2.24) is 0 Å². The number of unbranched alkanes of at least 4 members (excludes halogenated alkanes) is 1. The van der Waals surface area contributed by atoms with E-state index in [1.54, 1.807) is 0 Å². The summed E-state index contributed by atoms with van der Waals surface area (Å²) in [5.74, 6) is -0.126. The Morgan fingerprint density at radius 3 is 2.76 bits per heavy atom. The van der Waals surface area contributed by atoms with Crippen LogP contribution in [0.15, 0.2) is 16.6 Å². The van der Waals surface area contributed by atoms with Crippen LogP contribution in [0, 0.1) is 15.9 Å². The Bertz CT molecular complexity index is 417. The van der Waals surface area contributed by atoms with Gasteiger partial charge in [-0.15, -0.1) is 11.6 Å². The lowest BCUT2D eigenvalue weighted by atomic mass is 10.3. The van der Waals surface area contributed by atoms with Crippen LogP contribution in [0.4, 0.5) is 10.1 Å². The Balaban J connectivity index is 2.85. The first-order chi connectivity index (χ1) is 8.06.